The summed E-state index contributed by atoms with van der Waals surface area (Å²) in [5.74, 6) is 0.0480. The molecule has 2 aliphatic rings. The zero-order valence-electron chi connectivity index (χ0n) is 26.0. The summed E-state index contributed by atoms with van der Waals surface area (Å²) in [6, 6.07) is 10.9. The number of nitrogens with one attached hydrogen (secondary N) is 2. The van der Waals surface area contributed by atoms with E-state index in [2.05, 4.69) is 108 Å². The Morgan fingerprint density at radius 1 is 0.610 bits per heavy atom. The average molecular weight is 545 g/mol. The van der Waals surface area contributed by atoms with E-state index in [9.17, 15) is 0 Å². The van der Waals surface area contributed by atoms with Crippen molar-refractivity contribution < 1.29 is 0 Å². The summed E-state index contributed by atoms with van der Waals surface area (Å²) in [7, 11) is 0. The molecule has 4 nitrogen and oxygen atoms in total. The number of nitrogens with zero attached hydrogens (tertiary/aromatic N) is 2. The number of aromatic nitrogens is 2. The van der Waals surface area contributed by atoms with Crippen molar-refractivity contribution in [1.82, 2.24) is 9.97 Å². The summed E-state index contributed by atoms with van der Waals surface area (Å²) in [5.41, 5.74) is 18.7. The number of benzene rings is 1. The summed E-state index contributed by atoms with van der Waals surface area (Å²) in [4.78, 5) is 17.3. The lowest BCUT2D eigenvalue weighted by molar-refractivity contribution is 0.875. The Labute approximate surface area is 245 Å². The van der Waals surface area contributed by atoms with Crippen LogP contribution in [0.15, 0.2) is 74.0 Å². The van der Waals surface area contributed by atoms with Crippen LogP contribution in [0.2, 0.25) is 0 Å². The molecule has 0 atom stereocenters. The highest BCUT2D eigenvalue weighted by Gasteiger charge is 2.27. The number of hydrogen-bond donors (Lipinski definition) is 2. The molecular formula is C37H44N4. The highest BCUT2D eigenvalue weighted by molar-refractivity contribution is 5.89. The number of aromatic amines is 2. The molecular weight excluding hydrogens is 500 g/mol. The van der Waals surface area contributed by atoms with E-state index in [-0.39, 0.29) is 5.92 Å². The molecule has 0 unspecified atom stereocenters. The summed E-state index contributed by atoms with van der Waals surface area (Å²) >= 11 is 0. The second kappa shape index (κ2) is 11.9. The maximum Gasteiger partial charge on any atom is 0.0685 e. The fourth-order valence-corrected chi connectivity index (χ4v) is 6.35. The molecule has 2 aliphatic heterocycles. The fraction of sp³-hybridized carbons (Fsp3) is 0.351. The molecule has 0 saturated heterocycles. The van der Waals surface area contributed by atoms with Crippen molar-refractivity contribution in [3.63, 3.8) is 0 Å². The minimum atomic E-state index is 0.0480. The lowest BCUT2D eigenvalue weighted by atomic mass is 9.88. The first-order chi connectivity index (χ1) is 19.8. The van der Waals surface area contributed by atoms with Crippen LogP contribution in [0.1, 0.15) is 110 Å². The summed E-state index contributed by atoms with van der Waals surface area (Å²) in [6.07, 6.45) is 12.6. The van der Waals surface area contributed by atoms with Crippen molar-refractivity contribution in [3.05, 3.63) is 115 Å². The first-order valence-electron chi connectivity index (χ1n) is 15.2. The quantitative estimate of drug-likeness (QED) is 0.269. The van der Waals surface area contributed by atoms with Crippen LogP contribution >= 0.6 is 0 Å². The summed E-state index contributed by atoms with van der Waals surface area (Å²) in [6.45, 7) is 17.8. The minimum absolute atomic E-state index is 0.0480. The third kappa shape index (κ3) is 5.16. The normalized spacial score (nSPS) is 17.8. The van der Waals surface area contributed by atoms with Crippen LogP contribution in [-0.2, 0) is 0 Å². The van der Waals surface area contributed by atoms with Crippen LogP contribution in [-0.4, -0.2) is 22.4 Å². The van der Waals surface area contributed by atoms with Gasteiger partial charge in [-0.05, 0) is 116 Å². The first-order valence-corrected chi connectivity index (χ1v) is 15.2. The van der Waals surface area contributed by atoms with Gasteiger partial charge < -0.3 is 9.97 Å². The molecule has 0 fully saturated rings. The highest BCUT2D eigenvalue weighted by Crippen LogP contribution is 2.39. The lowest BCUT2D eigenvalue weighted by Gasteiger charge is -2.18. The summed E-state index contributed by atoms with van der Waals surface area (Å²) < 4.78 is 0. The van der Waals surface area contributed by atoms with E-state index in [1.54, 1.807) is 0 Å². The van der Waals surface area contributed by atoms with Gasteiger partial charge in [0.05, 0.1) is 17.3 Å². The third-order valence-corrected chi connectivity index (χ3v) is 9.13. The van der Waals surface area contributed by atoms with Crippen LogP contribution in [0.25, 0.3) is 12.2 Å². The second-order valence-electron chi connectivity index (χ2n) is 11.2. The van der Waals surface area contributed by atoms with Gasteiger partial charge in [0, 0.05) is 35.2 Å². The van der Waals surface area contributed by atoms with Crippen molar-refractivity contribution in [2.75, 3.05) is 0 Å². The van der Waals surface area contributed by atoms with Crippen molar-refractivity contribution >= 4 is 24.6 Å². The summed E-state index contributed by atoms with van der Waals surface area (Å²) in [5, 5.41) is 0. The van der Waals surface area contributed by atoms with Crippen molar-refractivity contribution in [3.8, 4) is 0 Å². The zero-order chi connectivity index (χ0) is 29.3. The van der Waals surface area contributed by atoms with E-state index in [1.165, 1.54) is 61.5 Å². The Bertz CT molecular complexity index is 1540. The van der Waals surface area contributed by atoms with Crippen molar-refractivity contribution in [2.45, 2.75) is 87.0 Å². The molecule has 0 spiro atoms. The molecule has 212 valence electrons. The molecule has 0 bridgehead atoms. The Kier molecular flexibility index (Phi) is 8.30. The smallest absolute Gasteiger partial charge is 0.0685 e. The average Bonchev–Trinajstić information content (AvgIpc) is 3.72. The van der Waals surface area contributed by atoms with Crippen molar-refractivity contribution in [1.29, 1.82) is 0 Å². The largest absolute Gasteiger partial charge is 0.358 e. The van der Waals surface area contributed by atoms with Gasteiger partial charge in [0.15, 0.2) is 0 Å². The molecule has 4 heteroatoms. The number of rotatable bonds is 9. The van der Waals surface area contributed by atoms with Gasteiger partial charge in [-0.1, -0.05) is 58.0 Å². The molecule has 0 radical (unpaired) electrons. The Morgan fingerprint density at radius 3 is 1.44 bits per heavy atom. The van der Waals surface area contributed by atoms with Gasteiger partial charge in [-0.15, -0.1) is 0 Å². The Hall–Kier alpha value is -3.92. The van der Waals surface area contributed by atoms with Gasteiger partial charge in [-0.3, -0.25) is 9.98 Å². The molecule has 3 aromatic rings. The second-order valence-corrected chi connectivity index (χ2v) is 11.2. The lowest BCUT2D eigenvalue weighted by Crippen LogP contribution is -2.07. The van der Waals surface area contributed by atoms with Gasteiger partial charge in [0.1, 0.15) is 0 Å². The van der Waals surface area contributed by atoms with Crippen LogP contribution in [0.5, 0.6) is 0 Å². The number of aliphatic imine (C=N–C) groups is 2. The maximum atomic E-state index is 4.79. The predicted molar refractivity (Wildman–Crippen MR) is 176 cm³/mol. The molecule has 0 amide bonds. The van der Waals surface area contributed by atoms with E-state index < -0.39 is 0 Å². The van der Waals surface area contributed by atoms with Gasteiger partial charge >= 0.3 is 0 Å². The van der Waals surface area contributed by atoms with E-state index in [0.29, 0.717) is 0 Å². The number of allylic oxidation sites excluding steroid dienone is 4. The first kappa shape index (κ1) is 28.6. The molecule has 5 rings (SSSR count). The van der Waals surface area contributed by atoms with Crippen LogP contribution in [0, 0.1) is 27.7 Å². The van der Waals surface area contributed by atoms with Crippen molar-refractivity contribution in [2.24, 2.45) is 9.98 Å². The van der Waals surface area contributed by atoms with Crippen LogP contribution in [0.4, 0.5) is 0 Å². The molecule has 4 heterocycles. The minimum Gasteiger partial charge on any atom is -0.358 e. The van der Waals surface area contributed by atoms with E-state index in [1.807, 2.05) is 12.4 Å². The number of H-pyrrole nitrogens is 2. The van der Waals surface area contributed by atoms with E-state index in [4.69, 9.17) is 9.98 Å². The molecule has 2 aromatic heterocycles. The zero-order valence-corrected chi connectivity index (χ0v) is 26.0. The van der Waals surface area contributed by atoms with E-state index >= 15 is 0 Å². The monoisotopic (exact) mass is 544 g/mol. The van der Waals surface area contributed by atoms with Gasteiger partial charge in [0.25, 0.3) is 0 Å². The third-order valence-electron chi connectivity index (χ3n) is 9.13. The molecule has 2 N–H and O–H groups in total. The van der Waals surface area contributed by atoms with Gasteiger partial charge in [-0.2, -0.15) is 0 Å². The van der Waals surface area contributed by atoms with Crippen LogP contribution in [0.3, 0.4) is 0 Å². The molecule has 0 aliphatic carbocycles. The molecule has 41 heavy (non-hydrogen) atoms. The van der Waals surface area contributed by atoms with Crippen LogP contribution < -0.4 is 0 Å². The fourth-order valence-electron chi connectivity index (χ4n) is 6.35. The standard InChI is InChI=1S/C37H44N4/c1-9-26-20-38-33(29(26)11-3)18-31-22(5)24(7)36(40-31)35(28-16-14-13-15-17-28)37-25(8)23(6)32(41-37)19-34-30(12-4)27(10-2)21-39-34/h13-21,35,40-41H,9-12H2,1-8H3/b33-18-,34-19-. The van der Waals surface area contributed by atoms with Gasteiger partial charge in [-0.25, -0.2) is 0 Å². The number of hydrogen-bond acceptors (Lipinski definition) is 2. The molecule has 0 saturated carbocycles. The maximum absolute atomic E-state index is 4.79. The Morgan fingerprint density at radius 2 is 1.05 bits per heavy atom. The molecule has 1 aromatic carbocycles. The van der Waals surface area contributed by atoms with Gasteiger partial charge in [0.2, 0.25) is 0 Å². The predicted octanol–water partition coefficient (Wildman–Crippen LogP) is 9.84. The Balaban J connectivity index is 1.64. The van der Waals surface area contributed by atoms with E-state index in [0.717, 1.165) is 48.5 Å². The topological polar surface area (TPSA) is 56.3 Å². The highest BCUT2D eigenvalue weighted by atomic mass is 14.8. The SMILES string of the molecule is CCC1=C(CC)/C(=C/c2[nH]c(C(c3ccccc3)c3[nH]c(/C=C4\N=CC(CC)=C4CC)c(C)c3C)c(C)c2C)N=C1.